The highest BCUT2D eigenvalue weighted by Gasteiger charge is 2.18. The second-order valence-corrected chi connectivity index (χ2v) is 8.09. The summed E-state index contributed by atoms with van der Waals surface area (Å²) < 4.78 is 27.3. The zero-order valence-corrected chi connectivity index (χ0v) is 15.1. The van der Waals surface area contributed by atoms with Crippen molar-refractivity contribution in [2.45, 2.75) is 31.3 Å². The molecular weight excluding hydrogens is 348 g/mol. The summed E-state index contributed by atoms with van der Waals surface area (Å²) in [5, 5.41) is 14.5. The van der Waals surface area contributed by atoms with E-state index < -0.39 is 16.1 Å². The minimum absolute atomic E-state index is 0.133. The van der Waals surface area contributed by atoms with Crippen molar-refractivity contribution in [3.05, 3.63) is 46.2 Å². The van der Waals surface area contributed by atoms with Crippen molar-refractivity contribution in [2.75, 3.05) is 11.9 Å². The number of hydrogen-bond acceptors (Lipinski definition) is 5. The van der Waals surface area contributed by atoms with Crippen molar-refractivity contribution >= 4 is 33.0 Å². The molecule has 1 atom stereocenters. The van der Waals surface area contributed by atoms with Gasteiger partial charge >= 0.3 is 0 Å². The monoisotopic (exact) mass is 368 g/mol. The maximum atomic E-state index is 12.4. The van der Waals surface area contributed by atoms with E-state index in [1.54, 1.807) is 19.1 Å². The topological polar surface area (TPSA) is 95.5 Å². The van der Waals surface area contributed by atoms with Gasteiger partial charge in [-0.3, -0.25) is 4.79 Å². The van der Waals surface area contributed by atoms with Gasteiger partial charge in [0.2, 0.25) is 15.9 Å². The number of aliphatic hydroxyl groups is 1. The number of aryl methyl sites for hydroxylation is 1. The second-order valence-electron chi connectivity index (χ2n) is 5.38. The minimum Gasteiger partial charge on any atom is -0.388 e. The average Bonchev–Trinajstić information content (AvgIpc) is 3.00. The van der Waals surface area contributed by atoms with Crippen LogP contribution >= 0.6 is 11.3 Å². The van der Waals surface area contributed by atoms with Gasteiger partial charge in [0.05, 0.1) is 11.0 Å². The van der Waals surface area contributed by atoms with E-state index in [0.717, 1.165) is 4.88 Å². The van der Waals surface area contributed by atoms with Crippen LogP contribution in [-0.4, -0.2) is 26.0 Å². The third-order valence-electron chi connectivity index (χ3n) is 3.37. The molecule has 24 heavy (non-hydrogen) atoms. The van der Waals surface area contributed by atoms with E-state index in [1.165, 1.54) is 24.3 Å². The van der Waals surface area contributed by atoms with Crippen molar-refractivity contribution in [2.24, 2.45) is 0 Å². The van der Waals surface area contributed by atoms with Crippen LogP contribution in [0, 0.1) is 6.92 Å². The maximum Gasteiger partial charge on any atom is 0.240 e. The van der Waals surface area contributed by atoms with E-state index in [9.17, 15) is 18.3 Å². The van der Waals surface area contributed by atoms with E-state index in [-0.39, 0.29) is 17.3 Å². The Balaban J connectivity index is 2.01. The molecule has 3 N–H and O–H groups in total. The summed E-state index contributed by atoms with van der Waals surface area (Å²) in [4.78, 5) is 12.0. The number of anilines is 1. The molecular formula is C16H20N2O4S2. The molecule has 0 radical (unpaired) electrons. The Morgan fingerprint density at radius 1 is 1.33 bits per heavy atom. The number of carbonyl (C=O) groups excluding carboxylic acids is 1. The zero-order valence-electron chi connectivity index (χ0n) is 13.4. The summed E-state index contributed by atoms with van der Waals surface area (Å²) in [5.74, 6) is -0.217. The normalized spacial score (nSPS) is 12.8. The van der Waals surface area contributed by atoms with Gasteiger partial charge < -0.3 is 10.4 Å². The molecule has 1 amide bonds. The number of amides is 1. The number of sulfonamides is 1. The summed E-state index contributed by atoms with van der Waals surface area (Å²) in [7, 11) is -3.67. The van der Waals surface area contributed by atoms with Gasteiger partial charge in [-0.15, -0.1) is 11.3 Å². The van der Waals surface area contributed by atoms with Crippen LogP contribution in [0.1, 0.15) is 29.9 Å². The van der Waals surface area contributed by atoms with Crippen LogP contribution in [0.5, 0.6) is 0 Å². The molecule has 2 rings (SSSR count). The standard InChI is InChI=1S/C16H20N2O4S2/c1-11-10-13(18-12(2)19)5-6-16(11)24(21,22)17-8-7-14(20)15-4-3-9-23-15/h3-6,9-10,14,17,20H,7-8H2,1-2H3,(H,18,19)/t14-/m0/s1. The number of thiophene rings is 1. The fourth-order valence-corrected chi connectivity index (χ4v) is 4.28. The number of benzene rings is 1. The van der Waals surface area contributed by atoms with Crippen molar-refractivity contribution < 1.29 is 18.3 Å². The van der Waals surface area contributed by atoms with Crippen molar-refractivity contribution in [3.63, 3.8) is 0 Å². The van der Waals surface area contributed by atoms with E-state index in [1.807, 2.05) is 17.5 Å². The van der Waals surface area contributed by atoms with Crippen molar-refractivity contribution in [1.82, 2.24) is 4.72 Å². The van der Waals surface area contributed by atoms with Crippen LogP contribution in [0.2, 0.25) is 0 Å². The largest absolute Gasteiger partial charge is 0.388 e. The van der Waals surface area contributed by atoms with Crippen LogP contribution in [0.4, 0.5) is 5.69 Å². The van der Waals surface area contributed by atoms with Crippen LogP contribution in [0.3, 0.4) is 0 Å². The molecule has 0 fully saturated rings. The Morgan fingerprint density at radius 2 is 2.08 bits per heavy atom. The molecule has 0 bridgehead atoms. The van der Waals surface area contributed by atoms with Gasteiger partial charge in [0.25, 0.3) is 0 Å². The molecule has 130 valence electrons. The highest BCUT2D eigenvalue weighted by Crippen LogP contribution is 2.22. The van der Waals surface area contributed by atoms with Gasteiger partial charge in [0.1, 0.15) is 0 Å². The molecule has 2 aromatic rings. The van der Waals surface area contributed by atoms with Gasteiger partial charge in [-0.05, 0) is 48.6 Å². The van der Waals surface area contributed by atoms with Crippen molar-refractivity contribution in [3.8, 4) is 0 Å². The van der Waals surface area contributed by atoms with E-state index in [2.05, 4.69) is 10.0 Å². The summed E-state index contributed by atoms with van der Waals surface area (Å²) in [6, 6.07) is 8.26. The summed E-state index contributed by atoms with van der Waals surface area (Å²) in [6.45, 7) is 3.19. The first-order chi connectivity index (χ1) is 11.3. The molecule has 1 heterocycles. The number of nitrogens with one attached hydrogen (secondary N) is 2. The molecule has 1 aromatic heterocycles. The SMILES string of the molecule is CC(=O)Nc1ccc(S(=O)(=O)NCC[C@H](O)c2cccs2)c(C)c1. The molecule has 6 nitrogen and oxygen atoms in total. The lowest BCUT2D eigenvalue weighted by Gasteiger charge is -2.12. The Labute approximate surface area is 145 Å². The predicted octanol–water partition coefficient (Wildman–Crippen LogP) is 2.42. The molecule has 0 aliphatic rings. The van der Waals surface area contributed by atoms with Crippen LogP contribution < -0.4 is 10.0 Å². The van der Waals surface area contributed by atoms with Crippen LogP contribution in [-0.2, 0) is 14.8 Å². The van der Waals surface area contributed by atoms with Crippen molar-refractivity contribution in [1.29, 1.82) is 0 Å². The van der Waals surface area contributed by atoms with Gasteiger partial charge in [0, 0.05) is 24.0 Å². The molecule has 0 unspecified atom stereocenters. The molecule has 8 heteroatoms. The lowest BCUT2D eigenvalue weighted by Crippen LogP contribution is -2.26. The number of carbonyl (C=O) groups is 1. The molecule has 0 aliphatic heterocycles. The van der Waals surface area contributed by atoms with Gasteiger partial charge in [-0.2, -0.15) is 0 Å². The zero-order chi connectivity index (χ0) is 17.7. The Bertz CT molecular complexity index is 801. The quantitative estimate of drug-likeness (QED) is 0.699. The fourth-order valence-electron chi connectivity index (χ4n) is 2.26. The highest BCUT2D eigenvalue weighted by atomic mass is 32.2. The maximum absolute atomic E-state index is 12.4. The second kappa shape index (κ2) is 7.89. The minimum atomic E-state index is -3.67. The fraction of sp³-hybridized carbons (Fsp3) is 0.312. The summed E-state index contributed by atoms with van der Waals surface area (Å²) in [5.41, 5.74) is 1.08. The first-order valence-electron chi connectivity index (χ1n) is 7.39. The Hall–Kier alpha value is -1.74. The molecule has 0 spiro atoms. The van der Waals surface area contributed by atoms with Gasteiger partial charge in [-0.1, -0.05) is 6.07 Å². The Kier molecular flexibility index (Phi) is 6.11. The summed E-state index contributed by atoms with van der Waals surface area (Å²) >= 11 is 1.43. The lowest BCUT2D eigenvalue weighted by atomic mass is 10.2. The highest BCUT2D eigenvalue weighted by molar-refractivity contribution is 7.89. The molecule has 0 saturated heterocycles. The number of hydrogen-bond donors (Lipinski definition) is 3. The van der Waals surface area contributed by atoms with Gasteiger partial charge in [0.15, 0.2) is 0 Å². The number of rotatable bonds is 7. The molecule has 1 aromatic carbocycles. The summed E-state index contributed by atoms with van der Waals surface area (Å²) in [6.07, 6.45) is -0.390. The molecule has 0 aliphatic carbocycles. The van der Waals surface area contributed by atoms with E-state index in [0.29, 0.717) is 17.7 Å². The smallest absolute Gasteiger partial charge is 0.240 e. The van der Waals surface area contributed by atoms with Crippen LogP contribution in [0.25, 0.3) is 0 Å². The van der Waals surface area contributed by atoms with E-state index >= 15 is 0 Å². The third-order valence-corrected chi connectivity index (χ3v) is 5.96. The van der Waals surface area contributed by atoms with Crippen LogP contribution in [0.15, 0.2) is 40.6 Å². The first-order valence-corrected chi connectivity index (χ1v) is 9.75. The first kappa shape index (κ1) is 18.6. The Morgan fingerprint density at radius 3 is 2.67 bits per heavy atom. The average molecular weight is 368 g/mol. The van der Waals surface area contributed by atoms with Gasteiger partial charge in [-0.25, -0.2) is 13.1 Å². The lowest BCUT2D eigenvalue weighted by molar-refractivity contribution is -0.114. The predicted molar refractivity (Wildman–Crippen MR) is 94.6 cm³/mol. The molecule has 0 saturated carbocycles. The number of aliphatic hydroxyl groups excluding tert-OH is 1. The van der Waals surface area contributed by atoms with E-state index in [4.69, 9.17) is 0 Å². The third kappa shape index (κ3) is 4.88.